The minimum absolute atomic E-state index is 0.239. The number of nitrogens with two attached hydrogens (primary N) is 1. The van der Waals surface area contributed by atoms with Gasteiger partial charge in [0.15, 0.2) is 11.6 Å². The van der Waals surface area contributed by atoms with E-state index in [4.69, 9.17) is 10.5 Å². The van der Waals surface area contributed by atoms with Crippen LogP contribution in [-0.4, -0.2) is 11.6 Å². The van der Waals surface area contributed by atoms with E-state index >= 15 is 0 Å². The zero-order valence-electron chi connectivity index (χ0n) is 9.98. The quantitative estimate of drug-likeness (QED) is 0.872. The third-order valence-electron chi connectivity index (χ3n) is 2.27. The van der Waals surface area contributed by atoms with Crippen LogP contribution in [0.5, 0.6) is 5.75 Å². The standard InChI is InChI=1S/C13H14FN3O/c1-2-18-11-7-6-9(8-10(11)14)16-13-5-3-4-12(15)17-13/h3-8H,2H2,1H3,(H3,15,16,17). The minimum atomic E-state index is -0.411. The summed E-state index contributed by atoms with van der Waals surface area (Å²) < 4.78 is 18.7. The van der Waals surface area contributed by atoms with Crippen molar-refractivity contribution in [3.63, 3.8) is 0 Å². The summed E-state index contributed by atoms with van der Waals surface area (Å²) in [4.78, 5) is 4.07. The van der Waals surface area contributed by atoms with Crippen molar-refractivity contribution in [3.8, 4) is 5.75 Å². The molecule has 0 spiro atoms. The van der Waals surface area contributed by atoms with Crippen LogP contribution in [0.1, 0.15) is 6.92 Å². The molecule has 1 aromatic heterocycles. The van der Waals surface area contributed by atoms with Gasteiger partial charge in [-0.15, -0.1) is 0 Å². The maximum absolute atomic E-state index is 13.6. The Morgan fingerprint density at radius 3 is 2.83 bits per heavy atom. The number of hydrogen-bond acceptors (Lipinski definition) is 4. The maximum atomic E-state index is 13.6. The molecule has 0 bridgehead atoms. The second-order valence-electron chi connectivity index (χ2n) is 3.65. The second kappa shape index (κ2) is 5.35. The summed E-state index contributed by atoms with van der Waals surface area (Å²) in [5.74, 6) is 0.805. The SMILES string of the molecule is CCOc1ccc(Nc2cccc(N)n2)cc1F. The Labute approximate surface area is 105 Å². The van der Waals surface area contributed by atoms with Crippen LogP contribution in [0.4, 0.5) is 21.7 Å². The van der Waals surface area contributed by atoms with Gasteiger partial charge in [0, 0.05) is 11.8 Å². The normalized spacial score (nSPS) is 10.1. The van der Waals surface area contributed by atoms with Crippen LogP contribution in [-0.2, 0) is 0 Å². The van der Waals surface area contributed by atoms with Crippen LogP contribution in [0.25, 0.3) is 0 Å². The first-order valence-electron chi connectivity index (χ1n) is 5.61. The summed E-state index contributed by atoms with van der Waals surface area (Å²) in [5.41, 5.74) is 6.15. The van der Waals surface area contributed by atoms with Crippen LogP contribution in [0.2, 0.25) is 0 Å². The van der Waals surface area contributed by atoms with Crippen molar-refractivity contribution in [1.29, 1.82) is 0 Å². The maximum Gasteiger partial charge on any atom is 0.167 e. The van der Waals surface area contributed by atoms with E-state index < -0.39 is 5.82 Å². The van der Waals surface area contributed by atoms with Gasteiger partial charge >= 0.3 is 0 Å². The van der Waals surface area contributed by atoms with Gasteiger partial charge in [-0.05, 0) is 31.2 Å². The third kappa shape index (κ3) is 2.88. The van der Waals surface area contributed by atoms with Crippen molar-refractivity contribution < 1.29 is 9.13 Å². The fraction of sp³-hybridized carbons (Fsp3) is 0.154. The van der Waals surface area contributed by atoms with Gasteiger partial charge in [-0.1, -0.05) is 6.07 Å². The molecule has 1 heterocycles. The van der Waals surface area contributed by atoms with E-state index in [2.05, 4.69) is 10.3 Å². The van der Waals surface area contributed by atoms with Crippen LogP contribution in [0, 0.1) is 5.82 Å². The van der Waals surface area contributed by atoms with Gasteiger partial charge < -0.3 is 15.8 Å². The van der Waals surface area contributed by atoms with E-state index in [1.807, 2.05) is 6.92 Å². The number of pyridine rings is 1. The molecule has 18 heavy (non-hydrogen) atoms. The Morgan fingerprint density at radius 1 is 1.33 bits per heavy atom. The smallest absolute Gasteiger partial charge is 0.167 e. The van der Waals surface area contributed by atoms with Crippen molar-refractivity contribution in [3.05, 3.63) is 42.2 Å². The topological polar surface area (TPSA) is 60.2 Å². The fourth-order valence-corrected chi connectivity index (χ4v) is 1.52. The molecule has 2 aromatic rings. The minimum Gasteiger partial charge on any atom is -0.491 e. The summed E-state index contributed by atoms with van der Waals surface area (Å²) in [6.45, 7) is 2.24. The highest BCUT2D eigenvalue weighted by atomic mass is 19.1. The zero-order valence-corrected chi connectivity index (χ0v) is 9.98. The van der Waals surface area contributed by atoms with Crippen LogP contribution < -0.4 is 15.8 Å². The van der Waals surface area contributed by atoms with Gasteiger partial charge in [-0.25, -0.2) is 9.37 Å². The van der Waals surface area contributed by atoms with Gasteiger partial charge in [0.05, 0.1) is 6.61 Å². The molecule has 1 aromatic carbocycles. The van der Waals surface area contributed by atoms with E-state index in [0.717, 1.165) is 0 Å². The first-order valence-corrected chi connectivity index (χ1v) is 5.61. The highest BCUT2D eigenvalue weighted by Gasteiger charge is 2.04. The Kier molecular flexibility index (Phi) is 3.62. The van der Waals surface area contributed by atoms with E-state index in [9.17, 15) is 4.39 Å². The largest absolute Gasteiger partial charge is 0.491 e. The summed E-state index contributed by atoms with van der Waals surface area (Å²) >= 11 is 0. The van der Waals surface area contributed by atoms with Crippen LogP contribution in [0.15, 0.2) is 36.4 Å². The number of aromatic nitrogens is 1. The third-order valence-corrected chi connectivity index (χ3v) is 2.27. The number of rotatable bonds is 4. The second-order valence-corrected chi connectivity index (χ2v) is 3.65. The molecule has 94 valence electrons. The van der Waals surface area contributed by atoms with Gasteiger partial charge in [0.1, 0.15) is 11.6 Å². The molecule has 0 radical (unpaired) electrons. The van der Waals surface area contributed by atoms with E-state index in [1.165, 1.54) is 6.07 Å². The first kappa shape index (κ1) is 12.2. The highest BCUT2D eigenvalue weighted by molar-refractivity contribution is 5.58. The summed E-state index contributed by atoms with van der Waals surface area (Å²) in [6, 6.07) is 9.87. The van der Waals surface area contributed by atoms with Crippen molar-refractivity contribution in [1.82, 2.24) is 4.98 Å². The molecule has 0 aliphatic heterocycles. The molecular formula is C13H14FN3O. The fourth-order valence-electron chi connectivity index (χ4n) is 1.52. The molecule has 4 nitrogen and oxygen atoms in total. The lowest BCUT2D eigenvalue weighted by Crippen LogP contribution is -1.98. The summed E-state index contributed by atoms with van der Waals surface area (Å²) in [7, 11) is 0. The monoisotopic (exact) mass is 247 g/mol. The highest BCUT2D eigenvalue weighted by Crippen LogP contribution is 2.23. The Hall–Kier alpha value is -2.30. The number of nitrogen functional groups attached to an aromatic ring is 1. The van der Waals surface area contributed by atoms with Crippen molar-refractivity contribution in [2.75, 3.05) is 17.7 Å². The van der Waals surface area contributed by atoms with Gasteiger partial charge in [0.2, 0.25) is 0 Å². The predicted molar refractivity (Wildman–Crippen MR) is 69.5 cm³/mol. The molecule has 5 heteroatoms. The Morgan fingerprint density at radius 2 is 2.17 bits per heavy atom. The van der Waals surface area contributed by atoms with Gasteiger partial charge in [-0.3, -0.25) is 0 Å². The number of benzene rings is 1. The zero-order chi connectivity index (χ0) is 13.0. The molecular weight excluding hydrogens is 233 g/mol. The molecule has 3 N–H and O–H groups in total. The molecule has 0 aliphatic rings. The van der Waals surface area contributed by atoms with E-state index in [-0.39, 0.29) is 5.75 Å². The first-order chi connectivity index (χ1) is 8.69. The number of ether oxygens (including phenoxy) is 1. The number of nitrogens with zero attached hydrogens (tertiary/aromatic N) is 1. The van der Waals surface area contributed by atoms with Crippen molar-refractivity contribution in [2.24, 2.45) is 0 Å². The predicted octanol–water partition coefficient (Wildman–Crippen LogP) is 2.95. The molecule has 0 aliphatic carbocycles. The molecule has 0 unspecified atom stereocenters. The lowest BCUT2D eigenvalue weighted by molar-refractivity contribution is 0.321. The van der Waals surface area contributed by atoms with E-state index in [1.54, 1.807) is 30.3 Å². The number of halogens is 1. The van der Waals surface area contributed by atoms with Crippen molar-refractivity contribution in [2.45, 2.75) is 6.92 Å². The summed E-state index contributed by atoms with van der Waals surface area (Å²) in [6.07, 6.45) is 0. The number of nitrogens with one attached hydrogen (secondary N) is 1. The lowest BCUT2D eigenvalue weighted by Gasteiger charge is -2.08. The van der Waals surface area contributed by atoms with Gasteiger partial charge in [0.25, 0.3) is 0 Å². The van der Waals surface area contributed by atoms with Gasteiger partial charge in [-0.2, -0.15) is 0 Å². The summed E-state index contributed by atoms with van der Waals surface area (Å²) in [5, 5.41) is 2.97. The molecule has 0 atom stereocenters. The molecule has 0 fully saturated rings. The average Bonchev–Trinajstić information content (AvgIpc) is 2.33. The Bertz CT molecular complexity index is 546. The number of hydrogen-bond donors (Lipinski definition) is 2. The number of anilines is 3. The molecule has 0 saturated heterocycles. The lowest BCUT2D eigenvalue weighted by atomic mass is 10.3. The van der Waals surface area contributed by atoms with Crippen molar-refractivity contribution >= 4 is 17.3 Å². The van der Waals surface area contributed by atoms with E-state index in [0.29, 0.717) is 23.9 Å². The molecule has 0 amide bonds. The molecule has 2 rings (SSSR count). The Balaban J connectivity index is 2.17. The van der Waals surface area contributed by atoms with Crippen LogP contribution in [0.3, 0.4) is 0 Å². The van der Waals surface area contributed by atoms with Crippen LogP contribution >= 0.6 is 0 Å². The molecule has 0 saturated carbocycles. The average molecular weight is 247 g/mol.